The van der Waals surface area contributed by atoms with E-state index in [-0.39, 0.29) is 21.6 Å². The maximum absolute atomic E-state index is 12.7. The number of hydroxylamine groups is 2. The van der Waals surface area contributed by atoms with E-state index in [1.807, 2.05) is 0 Å². The lowest BCUT2D eigenvalue weighted by molar-refractivity contribution is -0.0761. The van der Waals surface area contributed by atoms with Gasteiger partial charge >= 0.3 is 15.6 Å². The number of imide groups is 1. The van der Waals surface area contributed by atoms with Crippen molar-refractivity contribution >= 4 is 38.3 Å². The molecule has 0 spiro atoms. The van der Waals surface area contributed by atoms with Crippen LogP contribution in [0.4, 0.5) is 13.2 Å². The molecular formula is C19H14F3NO5S. The predicted molar refractivity (Wildman–Crippen MR) is 97.0 cm³/mol. The molecule has 0 atom stereocenters. The average Bonchev–Trinajstić information content (AvgIpc) is 2.68. The summed E-state index contributed by atoms with van der Waals surface area (Å²) in [5.74, 6) is -2.54. The third kappa shape index (κ3) is 3.12. The number of hydrogen-bond acceptors (Lipinski definition) is 5. The third-order valence-electron chi connectivity index (χ3n) is 4.96. The molecule has 152 valence electrons. The number of amides is 2. The van der Waals surface area contributed by atoms with Gasteiger partial charge in [0.2, 0.25) is 0 Å². The van der Waals surface area contributed by atoms with E-state index in [9.17, 15) is 31.2 Å². The molecule has 2 aromatic carbocycles. The van der Waals surface area contributed by atoms with Crippen molar-refractivity contribution in [3.63, 3.8) is 0 Å². The van der Waals surface area contributed by atoms with Gasteiger partial charge in [-0.2, -0.15) is 21.6 Å². The Bertz CT molecular complexity index is 1160. The monoisotopic (exact) mass is 425 g/mol. The Hall–Kier alpha value is -2.72. The van der Waals surface area contributed by atoms with E-state index in [2.05, 4.69) is 10.4 Å². The Morgan fingerprint density at radius 1 is 0.931 bits per heavy atom. The lowest BCUT2D eigenvalue weighted by Crippen LogP contribution is -2.44. The minimum absolute atomic E-state index is 0.104. The molecule has 2 aliphatic rings. The van der Waals surface area contributed by atoms with Gasteiger partial charge in [-0.25, -0.2) is 0 Å². The zero-order valence-electron chi connectivity index (χ0n) is 14.8. The van der Waals surface area contributed by atoms with Crippen LogP contribution in [0.5, 0.6) is 0 Å². The van der Waals surface area contributed by atoms with Crippen molar-refractivity contribution in [3.8, 4) is 0 Å². The van der Waals surface area contributed by atoms with Crippen LogP contribution in [0.25, 0.3) is 16.3 Å². The van der Waals surface area contributed by atoms with Gasteiger partial charge in [0, 0.05) is 5.39 Å². The molecule has 0 saturated heterocycles. The molecule has 29 heavy (non-hydrogen) atoms. The molecule has 10 heteroatoms. The predicted octanol–water partition coefficient (Wildman–Crippen LogP) is 4.17. The fraction of sp³-hybridized carbons (Fsp3) is 0.263. The Morgan fingerprint density at radius 2 is 1.59 bits per heavy atom. The van der Waals surface area contributed by atoms with Gasteiger partial charge in [-0.1, -0.05) is 24.3 Å². The van der Waals surface area contributed by atoms with Crippen LogP contribution in [0.3, 0.4) is 0 Å². The van der Waals surface area contributed by atoms with Crippen LogP contribution >= 0.6 is 0 Å². The highest BCUT2D eigenvalue weighted by molar-refractivity contribution is 7.87. The molecular weight excluding hydrogens is 411 g/mol. The fourth-order valence-electron chi connectivity index (χ4n) is 3.65. The van der Waals surface area contributed by atoms with E-state index in [1.54, 1.807) is 12.1 Å². The minimum atomic E-state index is -6.18. The maximum Gasteiger partial charge on any atom is 0.525 e. The van der Waals surface area contributed by atoms with Crippen molar-refractivity contribution in [2.45, 2.75) is 31.2 Å². The summed E-state index contributed by atoms with van der Waals surface area (Å²) < 4.78 is 64.5. The van der Waals surface area contributed by atoms with Gasteiger partial charge in [-0.3, -0.25) is 9.59 Å². The van der Waals surface area contributed by atoms with Crippen molar-refractivity contribution < 1.29 is 35.5 Å². The average molecular weight is 425 g/mol. The van der Waals surface area contributed by atoms with Gasteiger partial charge in [0.1, 0.15) is 0 Å². The summed E-state index contributed by atoms with van der Waals surface area (Å²) >= 11 is 0. The second-order valence-corrected chi connectivity index (χ2v) is 8.26. The summed E-state index contributed by atoms with van der Waals surface area (Å²) in [6.45, 7) is 0. The zero-order valence-corrected chi connectivity index (χ0v) is 15.6. The van der Waals surface area contributed by atoms with Gasteiger partial charge in [0.15, 0.2) is 0 Å². The van der Waals surface area contributed by atoms with E-state index in [4.69, 9.17) is 0 Å². The van der Waals surface area contributed by atoms with Crippen molar-refractivity contribution in [1.82, 2.24) is 5.06 Å². The second kappa shape index (κ2) is 6.67. The number of benzene rings is 2. The SMILES string of the molecule is O=C1c2cccc3c(C4=CCCCC4)ccc(c23)C(=O)N1OS(=O)(=O)C(F)(F)F. The molecule has 0 aromatic heterocycles. The number of rotatable bonds is 3. The van der Waals surface area contributed by atoms with Crippen molar-refractivity contribution in [1.29, 1.82) is 0 Å². The lowest BCUT2D eigenvalue weighted by Gasteiger charge is -2.26. The van der Waals surface area contributed by atoms with E-state index in [0.29, 0.717) is 5.39 Å². The number of carbonyl (C=O) groups excluding carboxylic acids is 2. The van der Waals surface area contributed by atoms with Gasteiger partial charge in [-0.05, 0) is 54.3 Å². The van der Waals surface area contributed by atoms with Crippen molar-refractivity contribution in [2.75, 3.05) is 0 Å². The van der Waals surface area contributed by atoms with Gasteiger partial charge in [-0.15, -0.1) is 9.35 Å². The molecule has 1 heterocycles. The molecule has 6 nitrogen and oxygen atoms in total. The first-order valence-corrected chi connectivity index (χ1v) is 10.2. The van der Waals surface area contributed by atoms with Crippen LogP contribution in [0.1, 0.15) is 52.0 Å². The summed E-state index contributed by atoms with van der Waals surface area (Å²) in [6.07, 6.45) is 5.91. The summed E-state index contributed by atoms with van der Waals surface area (Å²) in [4.78, 5) is 25.3. The molecule has 0 fully saturated rings. The summed E-state index contributed by atoms with van der Waals surface area (Å²) in [5, 5.41) is 0.531. The highest BCUT2D eigenvalue weighted by Gasteiger charge is 2.51. The standard InChI is InChI=1S/C19H14F3NO5S/c20-19(21,22)29(26,27)28-23-17(24)14-8-4-7-13-12(11-5-2-1-3-6-11)9-10-15(16(13)14)18(23)25/h4-5,7-10H,1-3,6H2. The van der Waals surface area contributed by atoms with Gasteiger partial charge < -0.3 is 0 Å². The van der Waals surface area contributed by atoms with Crippen molar-refractivity contribution in [2.24, 2.45) is 0 Å². The topological polar surface area (TPSA) is 80.8 Å². The lowest BCUT2D eigenvalue weighted by atomic mass is 9.86. The normalized spacial score (nSPS) is 17.6. The highest BCUT2D eigenvalue weighted by atomic mass is 32.2. The Labute approximate surface area is 163 Å². The maximum atomic E-state index is 12.7. The molecule has 0 saturated carbocycles. The number of halogens is 3. The van der Waals surface area contributed by atoms with Crippen LogP contribution in [0.15, 0.2) is 36.4 Å². The van der Waals surface area contributed by atoms with Crippen LogP contribution in [-0.2, 0) is 14.4 Å². The number of carbonyl (C=O) groups is 2. The molecule has 0 radical (unpaired) electrons. The number of allylic oxidation sites excluding steroid dienone is 2. The Morgan fingerprint density at radius 3 is 2.21 bits per heavy atom. The summed E-state index contributed by atoms with van der Waals surface area (Å²) in [7, 11) is -6.18. The first-order chi connectivity index (χ1) is 13.6. The fourth-order valence-corrected chi connectivity index (χ4v) is 4.06. The number of hydrogen-bond donors (Lipinski definition) is 0. The molecule has 2 aromatic rings. The second-order valence-electron chi connectivity index (χ2n) is 6.74. The molecule has 1 aliphatic carbocycles. The van der Waals surface area contributed by atoms with Crippen LogP contribution < -0.4 is 0 Å². The molecule has 1 aliphatic heterocycles. The van der Waals surface area contributed by atoms with E-state index in [0.717, 1.165) is 36.8 Å². The molecule has 4 rings (SSSR count). The largest absolute Gasteiger partial charge is 0.525 e. The van der Waals surface area contributed by atoms with Crippen LogP contribution in [0, 0.1) is 0 Å². The first kappa shape index (κ1) is 19.6. The van der Waals surface area contributed by atoms with E-state index < -0.39 is 27.4 Å². The number of nitrogens with zero attached hydrogens (tertiary/aromatic N) is 1. The van der Waals surface area contributed by atoms with Crippen LogP contribution in [-0.4, -0.2) is 30.8 Å². The van der Waals surface area contributed by atoms with Crippen LogP contribution in [0.2, 0.25) is 0 Å². The Balaban J connectivity index is 1.86. The van der Waals surface area contributed by atoms with Gasteiger partial charge in [0.05, 0.1) is 11.1 Å². The van der Waals surface area contributed by atoms with E-state index in [1.165, 1.54) is 18.2 Å². The first-order valence-electron chi connectivity index (χ1n) is 8.76. The smallest absolute Gasteiger partial charge is 0.266 e. The molecule has 2 amide bonds. The highest BCUT2D eigenvalue weighted by Crippen LogP contribution is 2.38. The minimum Gasteiger partial charge on any atom is -0.266 e. The van der Waals surface area contributed by atoms with E-state index >= 15 is 0 Å². The van der Waals surface area contributed by atoms with Gasteiger partial charge in [0.25, 0.3) is 11.8 Å². The quantitative estimate of drug-likeness (QED) is 0.545. The molecule has 0 bridgehead atoms. The third-order valence-corrected chi connectivity index (χ3v) is 5.88. The summed E-state index contributed by atoms with van der Waals surface area (Å²) in [5.41, 5.74) is -4.08. The summed E-state index contributed by atoms with van der Waals surface area (Å²) in [6, 6.07) is 7.59. The molecule has 0 unspecified atom stereocenters. The molecule has 0 N–H and O–H groups in total. The number of alkyl halides is 3. The Kier molecular flexibility index (Phi) is 4.50. The zero-order chi connectivity index (χ0) is 21.0. The van der Waals surface area contributed by atoms with Crippen molar-refractivity contribution in [3.05, 3.63) is 53.1 Å².